The van der Waals surface area contributed by atoms with Gasteiger partial charge in [0.25, 0.3) is 0 Å². The highest BCUT2D eigenvalue weighted by molar-refractivity contribution is 5.70. The Kier molecular flexibility index (Phi) is 2.92. The molecule has 0 aliphatic carbocycles. The maximum absolute atomic E-state index is 10.8. The Bertz CT molecular complexity index is 140. The van der Waals surface area contributed by atoms with Crippen LogP contribution in [0.15, 0.2) is 0 Å². The van der Waals surface area contributed by atoms with E-state index in [0.29, 0.717) is 24.9 Å². The first-order chi connectivity index (χ1) is 5.18. The van der Waals surface area contributed by atoms with Crippen LogP contribution >= 0.6 is 0 Å². The zero-order chi connectivity index (χ0) is 8.27. The van der Waals surface area contributed by atoms with Gasteiger partial charge < -0.3 is 4.74 Å². The van der Waals surface area contributed by atoms with Crippen molar-refractivity contribution >= 4 is 5.97 Å². The van der Waals surface area contributed by atoms with Gasteiger partial charge in [0.1, 0.15) is 0 Å². The Morgan fingerprint density at radius 2 is 2.36 bits per heavy atom. The van der Waals surface area contributed by atoms with Crippen molar-refractivity contribution in [3.05, 3.63) is 0 Å². The first kappa shape index (κ1) is 8.57. The number of rotatable bonds is 2. The largest absolute Gasteiger partial charge is 0.466 e. The standard InChI is InChI=1S/C9H16O2/c1-7(2)5-8-3-4-11-9(10)6-8/h7-8H,3-6H2,1-2H3/t8-/m0/s1. The minimum Gasteiger partial charge on any atom is -0.466 e. The molecular formula is C9H16O2. The lowest BCUT2D eigenvalue weighted by molar-refractivity contribution is -0.149. The van der Waals surface area contributed by atoms with Gasteiger partial charge in [0.05, 0.1) is 6.61 Å². The second kappa shape index (κ2) is 3.74. The van der Waals surface area contributed by atoms with Crippen LogP contribution in [0.2, 0.25) is 0 Å². The molecule has 2 nitrogen and oxygen atoms in total. The monoisotopic (exact) mass is 156 g/mol. The third-order valence-electron chi connectivity index (χ3n) is 2.05. The summed E-state index contributed by atoms with van der Waals surface area (Å²) in [6.07, 6.45) is 2.86. The number of carbonyl (C=O) groups is 1. The Hall–Kier alpha value is -0.530. The first-order valence-electron chi connectivity index (χ1n) is 4.34. The van der Waals surface area contributed by atoms with E-state index in [-0.39, 0.29) is 5.97 Å². The third kappa shape index (κ3) is 2.91. The van der Waals surface area contributed by atoms with Crippen molar-refractivity contribution in [2.45, 2.75) is 33.1 Å². The molecule has 0 N–H and O–H groups in total. The first-order valence-corrected chi connectivity index (χ1v) is 4.34. The number of carbonyl (C=O) groups excluding carboxylic acids is 1. The van der Waals surface area contributed by atoms with Gasteiger partial charge in [-0.3, -0.25) is 4.79 Å². The topological polar surface area (TPSA) is 26.3 Å². The van der Waals surface area contributed by atoms with E-state index in [1.165, 1.54) is 0 Å². The Labute approximate surface area is 67.9 Å². The molecule has 1 saturated heterocycles. The van der Waals surface area contributed by atoms with Crippen LogP contribution in [-0.2, 0) is 9.53 Å². The van der Waals surface area contributed by atoms with E-state index in [2.05, 4.69) is 13.8 Å². The van der Waals surface area contributed by atoms with Crippen LogP contribution in [0.25, 0.3) is 0 Å². The second-order valence-corrected chi connectivity index (χ2v) is 3.71. The molecule has 0 aromatic heterocycles. The number of hydrogen-bond donors (Lipinski definition) is 0. The third-order valence-corrected chi connectivity index (χ3v) is 2.05. The van der Waals surface area contributed by atoms with Crippen LogP contribution in [0.4, 0.5) is 0 Å². The van der Waals surface area contributed by atoms with Crippen molar-refractivity contribution in [1.82, 2.24) is 0 Å². The molecule has 0 aromatic rings. The quantitative estimate of drug-likeness (QED) is 0.571. The summed E-state index contributed by atoms with van der Waals surface area (Å²) in [5, 5.41) is 0. The molecule has 1 fully saturated rings. The van der Waals surface area contributed by atoms with Crippen LogP contribution < -0.4 is 0 Å². The minimum absolute atomic E-state index is 0.0121. The summed E-state index contributed by atoms with van der Waals surface area (Å²) < 4.78 is 4.85. The van der Waals surface area contributed by atoms with Crippen LogP contribution in [0.3, 0.4) is 0 Å². The van der Waals surface area contributed by atoms with Crippen molar-refractivity contribution < 1.29 is 9.53 Å². The Morgan fingerprint density at radius 1 is 1.64 bits per heavy atom. The fraction of sp³-hybridized carbons (Fsp3) is 0.889. The number of ether oxygens (including phenoxy) is 1. The van der Waals surface area contributed by atoms with Gasteiger partial charge in [-0.05, 0) is 24.7 Å². The van der Waals surface area contributed by atoms with Gasteiger partial charge in [-0.2, -0.15) is 0 Å². The lowest BCUT2D eigenvalue weighted by Crippen LogP contribution is -2.21. The fourth-order valence-electron chi connectivity index (χ4n) is 1.60. The summed E-state index contributed by atoms with van der Waals surface area (Å²) in [5.41, 5.74) is 0. The predicted octanol–water partition coefficient (Wildman–Crippen LogP) is 1.99. The van der Waals surface area contributed by atoms with Crippen LogP contribution in [0.1, 0.15) is 33.1 Å². The highest BCUT2D eigenvalue weighted by atomic mass is 16.5. The normalized spacial score (nSPS) is 25.4. The Balaban J connectivity index is 2.28. The molecule has 0 saturated carbocycles. The molecule has 0 aromatic carbocycles. The van der Waals surface area contributed by atoms with Gasteiger partial charge in [-0.1, -0.05) is 13.8 Å². The Morgan fingerprint density at radius 3 is 2.91 bits per heavy atom. The molecule has 0 unspecified atom stereocenters. The highest BCUT2D eigenvalue weighted by Gasteiger charge is 2.20. The van der Waals surface area contributed by atoms with E-state index in [0.717, 1.165) is 12.8 Å². The summed E-state index contributed by atoms with van der Waals surface area (Å²) in [6, 6.07) is 0. The number of hydrogen-bond acceptors (Lipinski definition) is 2. The van der Waals surface area contributed by atoms with E-state index in [1.807, 2.05) is 0 Å². The summed E-state index contributed by atoms with van der Waals surface area (Å²) in [7, 11) is 0. The van der Waals surface area contributed by atoms with Gasteiger partial charge >= 0.3 is 5.97 Å². The summed E-state index contributed by atoms with van der Waals surface area (Å²) in [5.74, 6) is 1.27. The predicted molar refractivity (Wildman–Crippen MR) is 43.1 cm³/mol. The molecule has 2 heteroatoms. The van der Waals surface area contributed by atoms with Crippen LogP contribution in [0.5, 0.6) is 0 Å². The zero-order valence-corrected chi connectivity index (χ0v) is 7.30. The highest BCUT2D eigenvalue weighted by Crippen LogP contribution is 2.22. The van der Waals surface area contributed by atoms with E-state index in [4.69, 9.17) is 4.74 Å². The summed E-state index contributed by atoms with van der Waals surface area (Å²) >= 11 is 0. The average Bonchev–Trinajstić information content (AvgIpc) is 1.85. The number of esters is 1. The molecule has 11 heavy (non-hydrogen) atoms. The maximum Gasteiger partial charge on any atom is 0.306 e. The van der Waals surface area contributed by atoms with Gasteiger partial charge in [0.2, 0.25) is 0 Å². The summed E-state index contributed by atoms with van der Waals surface area (Å²) in [6.45, 7) is 5.02. The molecule has 1 atom stereocenters. The molecule has 0 amide bonds. The van der Waals surface area contributed by atoms with Crippen molar-refractivity contribution in [2.24, 2.45) is 11.8 Å². The van der Waals surface area contributed by atoms with Crippen molar-refractivity contribution in [3.8, 4) is 0 Å². The minimum atomic E-state index is -0.0121. The molecule has 0 spiro atoms. The molecule has 64 valence electrons. The van der Waals surface area contributed by atoms with Crippen LogP contribution in [0, 0.1) is 11.8 Å². The molecule has 1 heterocycles. The van der Waals surface area contributed by atoms with E-state index in [1.54, 1.807) is 0 Å². The molecule has 0 radical (unpaired) electrons. The van der Waals surface area contributed by atoms with Crippen molar-refractivity contribution in [3.63, 3.8) is 0 Å². The van der Waals surface area contributed by atoms with Gasteiger partial charge in [-0.15, -0.1) is 0 Å². The van der Waals surface area contributed by atoms with E-state index < -0.39 is 0 Å². The smallest absolute Gasteiger partial charge is 0.306 e. The van der Waals surface area contributed by atoms with Crippen molar-refractivity contribution in [1.29, 1.82) is 0 Å². The van der Waals surface area contributed by atoms with Crippen LogP contribution in [-0.4, -0.2) is 12.6 Å². The number of cyclic esters (lactones) is 1. The lowest BCUT2D eigenvalue weighted by Gasteiger charge is -2.22. The van der Waals surface area contributed by atoms with E-state index in [9.17, 15) is 4.79 Å². The fourth-order valence-corrected chi connectivity index (χ4v) is 1.60. The molecule has 1 aliphatic heterocycles. The summed E-state index contributed by atoms with van der Waals surface area (Å²) in [4.78, 5) is 10.8. The molecular weight excluding hydrogens is 140 g/mol. The zero-order valence-electron chi connectivity index (χ0n) is 7.30. The second-order valence-electron chi connectivity index (χ2n) is 3.71. The van der Waals surface area contributed by atoms with Gasteiger partial charge in [0, 0.05) is 6.42 Å². The molecule has 0 bridgehead atoms. The molecule has 1 aliphatic rings. The van der Waals surface area contributed by atoms with Gasteiger partial charge in [0.15, 0.2) is 0 Å². The average molecular weight is 156 g/mol. The van der Waals surface area contributed by atoms with E-state index >= 15 is 0 Å². The molecule has 1 rings (SSSR count). The van der Waals surface area contributed by atoms with Gasteiger partial charge in [-0.25, -0.2) is 0 Å². The lowest BCUT2D eigenvalue weighted by atomic mass is 9.90. The SMILES string of the molecule is CC(C)C[C@@H]1CCOC(=O)C1. The maximum atomic E-state index is 10.8. The van der Waals surface area contributed by atoms with Crippen molar-refractivity contribution in [2.75, 3.05) is 6.61 Å².